The lowest BCUT2D eigenvalue weighted by atomic mass is 10.0. The van der Waals surface area contributed by atoms with Crippen LogP contribution in [0.1, 0.15) is 17.5 Å². The van der Waals surface area contributed by atoms with Crippen LogP contribution in [0.25, 0.3) is 0 Å². The van der Waals surface area contributed by atoms with Gasteiger partial charge in [-0.05, 0) is 29.3 Å². The molecule has 3 aliphatic heterocycles. The van der Waals surface area contributed by atoms with Crippen LogP contribution >= 0.6 is 37.2 Å². The maximum Gasteiger partial charge on any atom is 0.117 e. The van der Waals surface area contributed by atoms with Crippen molar-refractivity contribution >= 4 is 57.5 Å². The predicted molar refractivity (Wildman–Crippen MR) is 133 cm³/mol. The van der Waals surface area contributed by atoms with Gasteiger partial charge in [-0.3, -0.25) is 4.21 Å². The number of halogens is 2. The monoisotopic (exact) mass is 584 g/mol. The van der Waals surface area contributed by atoms with E-state index in [1.807, 2.05) is 24.5 Å². The first-order valence-corrected chi connectivity index (χ1v) is 14.3. The van der Waals surface area contributed by atoms with Crippen LogP contribution in [-0.4, -0.2) is 38.8 Å². The average Bonchev–Trinajstić information content (AvgIpc) is 3.18. The lowest BCUT2D eigenvalue weighted by molar-refractivity contribution is 0.389. The zero-order valence-corrected chi connectivity index (χ0v) is 20.6. The van der Waals surface area contributed by atoms with Crippen molar-refractivity contribution in [3.8, 4) is 0 Å². The van der Waals surface area contributed by atoms with Gasteiger partial charge in [0, 0.05) is 63.2 Å². The van der Waals surface area contributed by atoms with Gasteiger partial charge in [-0.25, -0.2) is 7.45 Å². The number of hydrogen-bond acceptors (Lipinski definition) is 4. The summed E-state index contributed by atoms with van der Waals surface area (Å²) in [7, 11) is -2.19. The molecule has 0 saturated heterocycles. The fourth-order valence-electron chi connectivity index (χ4n) is 4.35. The Morgan fingerprint density at radius 2 is 2.10 bits per heavy atom. The van der Waals surface area contributed by atoms with Gasteiger partial charge in [0.2, 0.25) is 0 Å². The molecule has 5 rings (SSSR count). The number of benzene rings is 2. The summed E-state index contributed by atoms with van der Waals surface area (Å²) in [5, 5.41) is 0. The Hall–Kier alpha value is -1.23. The molecule has 8 heteroatoms. The summed E-state index contributed by atoms with van der Waals surface area (Å²) in [4.78, 5) is 3.55. The molecule has 0 amide bonds. The van der Waals surface area contributed by atoms with Gasteiger partial charge in [-0.2, -0.15) is 0 Å². The maximum atomic E-state index is 13.7. The molecule has 0 saturated carbocycles. The lowest BCUT2D eigenvalue weighted by Gasteiger charge is -2.45. The van der Waals surface area contributed by atoms with Gasteiger partial charge in [0.1, 0.15) is 21.3 Å². The molecule has 1 unspecified atom stereocenters. The number of nitrogens with one attached hydrogen (secondary N) is 1. The predicted octanol–water partition coefficient (Wildman–Crippen LogP) is 4.41. The Labute approximate surface area is 191 Å². The Bertz CT molecular complexity index is 1140. The number of nitrogens with zero attached hydrogens (tertiary/aromatic N) is 3. The molecule has 0 radical (unpaired) electrons. The third-order valence-corrected chi connectivity index (χ3v) is 10.3. The van der Waals surface area contributed by atoms with Crippen molar-refractivity contribution in [2.24, 2.45) is 3.15 Å². The molecule has 0 bridgehead atoms. The van der Waals surface area contributed by atoms with E-state index < -0.39 is 9.71 Å². The Morgan fingerprint density at radius 1 is 1.28 bits per heavy atom. The molecule has 2 aromatic carbocycles. The zero-order valence-electron chi connectivity index (χ0n) is 16.0. The van der Waals surface area contributed by atoms with Crippen LogP contribution in [0.4, 0.5) is 5.69 Å². The van der Waals surface area contributed by atoms with Gasteiger partial charge in [-0.15, -0.1) is 0 Å². The zero-order chi connectivity index (χ0) is 20.0. The summed E-state index contributed by atoms with van der Waals surface area (Å²) in [6.07, 6.45) is 4.89. The Balaban J connectivity index is 1.53. The minimum atomic E-state index is -2.19. The molecular weight excluding hydrogens is 563 g/mol. The molecule has 0 fully saturated rings. The van der Waals surface area contributed by atoms with Crippen LogP contribution in [0.2, 0.25) is 0 Å². The summed E-state index contributed by atoms with van der Waals surface area (Å²) >= 11 is 3.38. The summed E-state index contributed by atoms with van der Waals surface area (Å²) in [6.45, 7) is 2.47. The van der Waals surface area contributed by atoms with E-state index in [4.69, 9.17) is 0 Å². The van der Waals surface area contributed by atoms with E-state index in [9.17, 15) is 4.21 Å². The van der Waals surface area contributed by atoms with Crippen molar-refractivity contribution in [3.05, 3.63) is 76.0 Å². The molecule has 3 heterocycles. The highest BCUT2D eigenvalue weighted by Gasteiger charge is 2.45. The molecule has 2 aromatic rings. The van der Waals surface area contributed by atoms with E-state index in [0.29, 0.717) is 6.54 Å². The van der Waals surface area contributed by atoms with Crippen LogP contribution in [0.5, 0.6) is 0 Å². The second-order valence-electron chi connectivity index (χ2n) is 7.51. The molecule has 1 N–H and O–H groups in total. The summed E-state index contributed by atoms with van der Waals surface area (Å²) < 4.78 is 24.8. The molecule has 3 aliphatic rings. The van der Waals surface area contributed by atoms with Crippen molar-refractivity contribution in [1.29, 1.82) is 0 Å². The first kappa shape index (κ1) is 19.7. The molecule has 2 atom stereocenters. The van der Waals surface area contributed by atoms with Gasteiger partial charge in [0.15, 0.2) is 0 Å². The van der Waals surface area contributed by atoms with E-state index in [1.54, 1.807) is 0 Å². The number of fused-ring (bicyclic) bond motifs is 2. The van der Waals surface area contributed by atoms with Crippen LogP contribution in [0, 0.1) is 0 Å². The van der Waals surface area contributed by atoms with Crippen molar-refractivity contribution in [2.45, 2.75) is 19.0 Å². The second-order valence-corrected chi connectivity index (χ2v) is 12.5. The van der Waals surface area contributed by atoms with Crippen molar-refractivity contribution in [3.63, 3.8) is 0 Å². The van der Waals surface area contributed by atoms with Crippen molar-refractivity contribution < 1.29 is 4.21 Å². The number of hydrogen-bond donors (Lipinski definition) is 1. The van der Waals surface area contributed by atoms with Crippen molar-refractivity contribution in [2.75, 3.05) is 24.2 Å². The molecule has 5 nitrogen and oxygen atoms in total. The molecule has 0 aromatic heterocycles. The smallest absolute Gasteiger partial charge is 0.117 e. The van der Waals surface area contributed by atoms with Gasteiger partial charge < -0.3 is 8.43 Å². The highest BCUT2D eigenvalue weighted by atomic mass is 127. The topological polar surface area (TPSA) is 47.9 Å². The first-order valence-electron chi connectivity index (χ1n) is 9.54. The Kier molecular flexibility index (Phi) is 5.30. The third kappa shape index (κ3) is 3.58. The average molecular weight is 585 g/mol. The fraction of sp³-hybridized carbons (Fsp3) is 0.286. The Morgan fingerprint density at radius 3 is 2.86 bits per heavy atom. The molecule has 0 spiro atoms. The standard InChI is InChI=1S/C21H22BrIN4OS/c1-29(28)21(15-5-3-2-4-6-15)20-14-26(10-9-18-12-24-23-25-18)19-8-7-17(22)11-16(19)13-27(20)29/h2-8,11-12,20H,9-10,13-14H2,1H3,(H,24,25)/t20-,29?/m0/s1. The minimum Gasteiger partial charge on any atom is -0.369 e. The largest absolute Gasteiger partial charge is 0.369 e. The van der Waals surface area contributed by atoms with Crippen LogP contribution in [-0.2, 0) is 16.3 Å². The van der Waals surface area contributed by atoms with E-state index in [0.717, 1.165) is 40.1 Å². The second kappa shape index (κ2) is 7.79. The summed E-state index contributed by atoms with van der Waals surface area (Å²) in [5.74, 6) is 0. The number of anilines is 1. The molecule has 29 heavy (non-hydrogen) atoms. The molecular formula is C21H22BrIN4OS. The molecule has 152 valence electrons. The highest BCUT2D eigenvalue weighted by Crippen LogP contribution is 2.37. The fourth-order valence-corrected chi connectivity index (χ4v) is 8.51. The van der Waals surface area contributed by atoms with Gasteiger partial charge >= 0.3 is 0 Å². The van der Waals surface area contributed by atoms with Gasteiger partial charge in [0.25, 0.3) is 0 Å². The van der Waals surface area contributed by atoms with Crippen LogP contribution < -0.4 is 8.43 Å². The summed E-state index contributed by atoms with van der Waals surface area (Å²) in [5.41, 5.74) is 4.74. The lowest BCUT2D eigenvalue weighted by Crippen LogP contribution is -2.61. The highest BCUT2D eigenvalue weighted by molar-refractivity contribution is 14.1. The maximum absolute atomic E-state index is 13.7. The van der Waals surface area contributed by atoms with Crippen LogP contribution in [0.15, 0.2) is 68.0 Å². The number of rotatable bonds is 4. The SMILES string of the molecule is CS1(=O)=C(c2ccccc2)[C@@H]2CN(CCC3=CNI=N3)c3ccc(Br)cc3CN21. The quantitative estimate of drug-likeness (QED) is 0.329. The summed E-state index contributed by atoms with van der Waals surface area (Å²) in [6, 6.07) is 16.9. The third-order valence-electron chi connectivity index (χ3n) is 5.72. The normalized spacial score (nSPS) is 25.9. The van der Waals surface area contributed by atoms with Crippen molar-refractivity contribution in [1.82, 2.24) is 7.84 Å². The van der Waals surface area contributed by atoms with Gasteiger partial charge in [0.05, 0.1) is 11.7 Å². The van der Waals surface area contributed by atoms with E-state index >= 15 is 0 Å². The van der Waals surface area contributed by atoms with E-state index in [2.05, 4.69) is 68.3 Å². The van der Waals surface area contributed by atoms with Crippen LogP contribution in [0.3, 0.4) is 0 Å². The minimum absolute atomic E-state index is 0.168. The van der Waals surface area contributed by atoms with E-state index in [-0.39, 0.29) is 27.3 Å². The first-order chi connectivity index (χ1) is 14.0. The van der Waals surface area contributed by atoms with Gasteiger partial charge in [-0.1, -0.05) is 46.3 Å². The van der Waals surface area contributed by atoms with E-state index in [1.165, 1.54) is 11.3 Å². The molecule has 0 aliphatic carbocycles.